The molecule has 0 unspecified atom stereocenters. The number of aromatic amines is 1. The standard InChI is InChI=1S/C18H13BrClN3O5/c1-9(17(25)26)28-15-10(6-11(20)7-13(15)19)8-21-23-16(24)12-4-2-3-5-14(12)22-18(23)27/h2-9H,1H3,(H,22,27)(H,25,26)/t9-/m0/s1. The normalized spacial score (nSPS) is 12.4. The summed E-state index contributed by atoms with van der Waals surface area (Å²) < 4.78 is 6.51. The van der Waals surface area contributed by atoms with Crippen LogP contribution < -0.4 is 16.0 Å². The Hall–Kier alpha value is -2.91. The fourth-order valence-electron chi connectivity index (χ4n) is 2.41. The van der Waals surface area contributed by atoms with E-state index >= 15 is 0 Å². The van der Waals surface area contributed by atoms with E-state index < -0.39 is 23.3 Å². The van der Waals surface area contributed by atoms with Gasteiger partial charge in [0.1, 0.15) is 5.75 Å². The number of carboxylic acid groups (broad SMARTS) is 1. The van der Waals surface area contributed by atoms with Gasteiger partial charge in [0.15, 0.2) is 6.10 Å². The van der Waals surface area contributed by atoms with Crippen LogP contribution >= 0.6 is 27.5 Å². The molecule has 0 bridgehead atoms. The van der Waals surface area contributed by atoms with E-state index in [1.165, 1.54) is 25.3 Å². The first-order valence-corrected chi connectivity index (χ1v) is 9.12. The van der Waals surface area contributed by atoms with E-state index in [1.54, 1.807) is 24.3 Å². The van der Waals surface area contributed by atoms with Crippen molar-refractivity contribution in [2.75, 3.05) is 0 Å². The summed E-state index contributed by atoms with van der Waals surface area (Å²) in [6.45, 7) is 1.36. The third-order valence-electron chi connectivity index (χ3n) is 3.78. The number of hydrogen-bond donors (Lipinski definition) is 2. The summed E-state index contributed by atoms with van der Waals surface area (Å²) in [5, 5.41) is 13.6. The average molecular weight is 467 g/mol. The molecule has 0 amide bonds. The van der Waals surface area contributed by atoms with Crippen LogP contribution in [0.25, 0.3) is 10.9 Å². The summed E-state index contributed by atoms with van der Waals surface area (Å²) >= 11 is 9.31. The molecule has 0 fully saturated rings. The number of aromatic nitrogens is 2. The number of carbonyl (C=O) groups is 1. The van der Waals surface area contributed by atoms with Gasteiger partial charge >= 0.3 is 11.7 Å². The van der Waals surface area contributed by atoms with Crippen LogP contribution in [0.3, 0.4) is 0 Å². The Labute approximate surface area is 171 Å². The smallest absolute Gasteiger partial charge is 0.349 e. The van der Waals surface area contributed by atoms with Crippen molar-refractivity contribution in [3.8, 4) is 5.75 Å². The summed E-state index contributed by atoms with van der Waals surface area (Å²) in [5.41, 5.74) is -0.638. The highest BCUT2D eigenvalue weighted by Crippen LogP contribution is 2.32. The SMILES string of the molecule is C[C@H](Oc1c(Br)cc(Cl)cc1C=Nn1c(=O)[nH]c2ccccc2c1=O)C(=O)O. The number of fused-ring (bicyclic) bond motifs is 1. The number of nitrogens with zero attached hydrogens (tertiary/aromatic N) is 2. The molecule has 8 nitrogen and oxygen atoms in total. The topological polar surface area (TPSA) is 114 Å². The molecule has 0 spiro atoms. The zero-order valence-electron chi connectivity index (χ0n) is 14.3. The van der Waals surface area contributed by atoms with Crippen molar-refractivity contribution < 1.29 is 14.6 Å². The number of rotatable bonds is 5. The Bertz CT molecular complexity index is 1220. The van der Waals surface area contributed by atoms with E-state index in [9.17, 15) is 14.4 Å². The fourth-order valence-corrected chi connectivity index (χ4v) is 3.33. The van der Waals surface area contributed by atoms with E-state index in [0.29, 0.717) is 25.1 Å². The Morgan fingerprint density at radius 2 is 2.07 bits per heavy atom. The van der Waals surface area contributed by atoms with Crippen LogP contribution in [0.4, 0.5) is 0 Å². The molecule has 1 aromatic heterocycles. The third-order valence-corrected chi connectivity index (χ3v) is 4.58. The number of aliphatic carboxylic acids is 1. The summed E-state index contributed by atoms with van der Waals surface area (Å²) in [7, 11) is 0. The largest absolute Gasteiger partial charge is 0.479 e. The number of para-hydroxylation sites is 1. The minimum atomic E-state index is -1.16. The zero-order chi connectivity index (χ0) is 20.4. The van der Waals surface area contributed by atoms with Gasteiger partial charge < -0.3 is 14.8 Å². The van der Waals surface area contributed by atoms with E-state index in [-0.39, 0.29) is 11.3 Å². The number of nitrogens with one attached hydrogen (secondary N) is 1. The van der Waals surface area contributed by atoms with Gasteiger partial charge in [0.05, 0.1) is 21.6 Å². The minimum absolute atomic E-state index is 0.160. The summed E-state index contributed by atoms with van der Waals surface area (Å²) in [6.07, 6.45) is 0.0582. The molecule has 0 radical (unpaired) electrons. The van der Waals surface area contributed by atoms with Gasteiger partial charge in [-0.3, -0.25) is 4.79 Å². The van der Waals surface area contributed by atoms with Crippen molar-refractivity contribution in [3.63, 3.8) is 0 Å². The van der Waals surface area contributed by atoms with Crippen molar-refractivity contribution in [1.29, 1.82) is 0 Å². The van der Waals surface area contributed by atoms with E-state index in [0.717, 1.165) is 0 Å². The van der Waals surface area contributed by atoms with Gasteiger partial charge in [-0.25, -0.2) is 9.59 Å². The lowest BCUT2D eigenvalue weighted by molar-refractivity contribution is -0.144. The molecule has 28 heavy (non-hydrogen) atoms. The van der Waals surface area contributed by atoms with E-state index in [1.807, 2.05) is 0 Å². The molecule has 0 saturated heterocycles. The quantitative estimate of drug-likeness (QED) is 0.561. The Kier molecular flexibility index (Phi) is 5.66. The number of halogens is 2. The van der Waals surface area contributed by atoms with Gasteiger partial charge in [0, 0.05) is 10.6 Å². The monoisotopic (exact) mass is 465 g/mol. The summed E-state index contributed by atoms with van der Waals surface area (Å²) in [6, 6.07) is 9.54. The van der Waals surface area contributed by atoms with Crippen molar-refractivity contribution in [1.82, 2.24) is 9.66 Å². The highest BCUT2D eigenvalue weighted by atomic mass is 79.9. The fraction of sp³-hybridized carbons (Fsp3) is 0.111. The first-order valence-electron chi connectivity index (χ1n) is 7.95. The lowest BCUT2D eigenvalue weighted by Crippen LogP contribution is -2.32. The van der Waals surface area contributed by atoms with Crippen LogP contribution in [0.15, 0.2) is 55.6 Å². The summed E-state index contributed by atoms with van der Waals surface area (Å²) in [4.78, 5) is 38.4. The zero-order valence-corrected chi connectivity index (χ0v) is 16.7. The maximum absolute atomic E-state index is 12.5. The van der Waals surface area contributed by atoms with Gasteiger partial charge in [0.2, 0.25) is 0 Å². The van der Waals surface area contributed by atoms with Crippen LogP contribution in [-0.2, 0) is 4.79 Å². The highest BCUT2D eigenvalue weighted by Gasteiger charge is 2.18. The van der Waals surface area contributed by atoms with E-state index in [4.69, 9.17) is 21.4 Å². The molecule has 2 aromatic carbocycles. The molecule has 0 aliphatic heterocycles. The third kappa shape index (κ3) is 4.00. The number of ether oxygens (including phenoxy) is 1. The summed E-state index contributed by atoms with van der Waals surface area (Å²) in [5.74, 6) is -1.000. The molecule has 2 N–H and O–H groups in total. The van der Waals surface area contributed by atoms with Gasteiger partial charge in [0.25, 0.3) is 5.56 Å². The molecule has 0 saturated carbocycles. The van der Waals surface area contributed by atoms with Crippen molar-refractivity contribution >= 4 is 50.6 Å². The van der Waals surface area contributed by atoms with Gasteiger partial charge in [-0.1, -0.05) is 23.7 Å². The highest BCUT2D eigenvalue weighted by molar-refractivity contribution is 9.10. The molecule has 3 rings (SSSR count). The second-order valence-electron chi connectivity index (χ2n) is 5.74. The van der Waals surface area contributed by atoms with E-state index in [2.05, 4.69) is 26.0 Å². The molecule has 0 aliphatic carbocycles. The maximum Gasteiger partial charge on any atom is 0.349 e. The lowest BCUT2D eigenvalue weighted by atomic mass is 10.2. The minimum Gasteiger partial charge on any atom is -0.479 e. The van der Waals surface area contributed by atoms with Gasteiger partial charge in [-0.05, 0) is 47.1 Å². The van der Waals surface area contributed by atoms with Crippen LogP contribution in [-0.4, -0.2) is 33.1 Å². The first kappa shape index (κ1) is 19.8. The van der Waals surface area contributed by atoms with Crippen LogP contribution in [0.5, 0.6) is 5.75 Å². The second-order valence-corrected chi connectivity index (χ2v) is 7.03. The Morgan fingerprint density at radius 3 is 2.79 bits per heavy atom. The predicted molar refractivity (Wildman–Crippen MR) is 109 cm³/mol. The van der Waals surface area contributed by atoms with Crippen LogP contribution in [0.1, 0.15) is 12.5 Å². The van der Waals surface area contributed by atoms with Crippen molar-refractivity contribution in [2.45, 2.75) is 13.0 Å². The molecule has 144 valence electrons. The van der Waals surface area contributed by atoms with Crippen LogP contribution in [0, 0.1) is 0 Å². The number of hydrogen-bond acceptors (Lipinski definition) is 5. The van der Waals surface area contributed by atoms with Crippen molar-refractivity contribution in [3.05, 3.63) is 72.3 Å². The number of H-pyrrole nitrogens is 1. The second kappa shape index (κ2) is 7.99. The molecule has 3 aromatic rings. The predicted octanol–water partition coefficient (Wildman–Crippen LogP) is 2.84. The molecule has 0 aliphatic rings. The van der Waals surface area contributed by atoms with Gasteiger partial charge in [-0.15, -0.1) is 4.68 Å². The molecule has 10 heteroatoms. The maximum atomic E-state index is 12.5. The van der Waals surface area contributed by atoms with Crippen LogP contribution in [0.2, 0.25) is 5.02 Å². The van der Waals surface area contributed by atoms with Crippen molar-refractivity contribution in [2.24, 2.45) is 5.10 Å². The molecular formula is C18H13BrClN3O5. The molecule has 1 heterocycles. The molecular weight excluding hydrogens is 454 g/mol. The average Bonchev–Trinajstić information content (AvgIpc) is 2.63. The Balaban J connectivity index is 2.10. The lowest BCUT2D eigenvalue weighted by Gasteiger charge is -2.14. The molecule has 1 atom stereocenters. The number of benzene rings is 2. The van der Waals surface area contributed by atoms with Gasteiger partial charge in [-0.2, -0.15) is 5.10 Å². The Morgan fingerprint density at radius 1 is 1.36 bits per heavy atom. The number of carboxylic acids is 1. The first-order chi connectivity index (χ1) is 13.3.